The Morgan fingerprint density at radius 1 is 1.50 bits per heavy atom. The average Bonchev–Trinajstić information content (AvgIpc) is 2.59. The van der Waals surface area contributed by atoms with Gasteiger partial charge in [-0.25, -0.2) is 0 Å². The van der Waals surface area contributed by atoms with E-state index in [2.05, 4.69) is 4.90 Å². The van der Waals surface area contributed by atoms with Gasteiger partial charge in [-0.1, -0.05) is 0 Å². The van der Waals surface area contributed by atoms with Crippen molar-refractivity contribution in [1.29, 1.82) is 0 Å². The van der Waals surface area contributed by atoms with Gasteiger partial charge in [0, 0.05) is 19.0 Å². The zero-order chi connectivity index (χ0) is 9.97. The quantitative estimate of drug-likeness (QED) is 0.524. The Labute approximate surface area is 89.4 Å². The molecule has 4 heteroatoms. The molecule has 0 amide bonds. The van der Waals surface area contributed by atoms with E-state index in [9.17, 15) is 4.79 Å². The van der Waals surface area contributed by atoms with Crippen molar-refractivity contribution in [1.82, 2.24) is 4.90 Å². The molecule has 0 saturated carbocycles. The highest BCUT2D eigenvalue weighted by Crippen LogP contribution is 2.30. The monoisotopic (exact) mass is 217 g/mol. The molecule has 0 radical (unpaired) electrons. The van der Waals surface area contributed by atoms with Crippen molar-refractivity contribution in [3.05, 3.63) is 0 Å². The van der Waals surface area contributed by atoms with E-state index in [0.29, 0.717) is 18.4 Å². The lowest BCUT2D eigenvalue weighted by atomic mass is 9.91. The summed E-state index contributed by atoms with van der Waals surface area (Å²) >= 11 is 5.64. The van der Waals surface area contributed by atoms with Crippen molar-refractivity contribution in [3.63, 3.8) is 0 Å². The number of nitrogens with zero attached hydrogens (tertiary/aromatic N) is 1. The molecule has 0 spiro atoms. The third-order valence-electron chi connectivity index (χ3n) is 3.16. The van der Waals surface area contributed by atoms with Gasteiger partial charge >= 0.3 is 5.97 Å². The Morgan fingerprint density at radius 2 is 2.36 bits per heavy atom. The van der Waals surface area contributed by atoms with Crippen LogP contribution in [-0.2, 0) is 9.53 Å². The lowest BCUT2D eigenvalue weighted by molar-refractivity contribution is -0.154. The molecule has 2 heterocycles. The topological polar surface area (TPSA) is 29.5 Å². The minimum atomic E-state index is 0.00891. The summed E-state index contributed by atoms with van der Waals surface area (Å²) in [5.41, 5.74) is 0. The smallest absolute Gasteiger partial charge is 0.310 e. The van der Waals surface area contributed by atoms with Crippen LogP contribution in [0.4, 0.5) is 0 Å². The van der Waals surface area contributed by atoms with Crippen LogP contribution >= 0.6 is 11.6 Å². The van der Waals surface area contributed by atoms with Crippen molar-refractivity contribution in [2.24, 2.45) is 11.8 Å². The zero-order valence-electron chi connectivity index (χ0n) is 8.25. The van der Waals surface area contributed by atoms with Crippen LogP contribution in [0.15, 0.2) is 0 Å². The van der Waals surface area contributed by atoms with Crippen molar-refractivity contribution in [2.45, 2.75) is 12.8 Å². The van der Waals surface area contributed by atoms with E-state index in [-0.39, 0.29) is 11.9 Å². The number of fused-ring (bicyclic) bond motifs is 1. The molecule has 0 N–H and O–H groups in total. The third kappa shape index (κ3) is 2.04. The van der Waals surface area contributed by atoms with Gasteiger partial charge in [-0.15, -0.1) is 11.6 Å². The molecular formula is C10H16ClNO2. The Hall–Kier alpha value is -0.280. The van der Waals surface area contributed by atoms with E-state index in [1.807, 2.05) is 0 Å². The first-order chi connectivity index (χ1) is 6.81. The van der Waals surface area contributed by atoms with Gasteiger partial charge in [-0.3, -0.25) is 4.79 Å². The summed E-state index contributed by atoms with van der Waals surface area (Å²) < 4.78 is 5.05. The summed E-state index contributed by atoms with van der Waals surface area (Å²) in [4.78, 5) is 13.8. The Morgan fingerprint density at radius 3 is 3.07 bits per heavy atom. The van der Waals surface area contributed by atoms with Crippen molar-refractivity contribution < 1.29 is 9.53 Å². The average molecular weight is 218 g/mol. The number of hydrogen-bond donors (Lipinski definition) is 0. The molecule has 2 aliphatic heterocycles. The van der Waals surface area contributed by atoms with E-state index in [0.717, 1.165) is 32.5 Å². The number of cyclic esters (lactones) is 1. The number of carbonyl (C=O) groups excluding carboxylic acids is 1. The lowest BCUT2D eigenvalue weighted by Crippen LogP contribution is -2.31. The summed E-state index contributed by atoms with van der Waals surface area (Å²) in [6.45, 7) is 3.56. The molecule has 0 aromatic rings. The van der Waals surface area contributed by atoms with Crippen LogP contribution in [-0.4, -0.2) is 43.0 Å². The number of esters is 1. The SMILES string of the molecule is O=C1OCC[C@@H]2CN(CCCCl)C[C@H]12. The van der Waals surface area contributed by atoms with Crippen LogP contribution in [0, 0.1) is 11.8 Å². The number of hydrogen-bond acceptors (Lipinski definition) is 3. The van der Waals surface area contributed by atoms with E-state index in [4.69, 9.17) is 16.3 Å². The van der Waals surface area contributed by atoms with Crippen LogP contribution in [0.25, 0.3) is 0 Å². The molecule has 0 aromatic carbocycles. The fourth-order valence-electron chi connectivity index (χ4n) is 2.40. The molecule has 2 atom stereocenters. The first kappa shape index (κ1) is 10.2. The van der Waals surface area contributed by atoms with Gasteiger partial charge in [0.05, 0.1) is 12.5 Å². The highest BCUT2D eigenvalue weighted by molar-refractivity contribution is 6.17. The van der Waals surface area contributed by atoms with Crippen molar-refractivity contribution in [2.75, 3.05) is 32.1 Å². The fraction of sp³-hybridized carbons (Fsp3) is 0.900. The fourth-order valence-corrected chi connectivity index (χ4v) is 2.52. The summed E-state index contributed by atoms with van der Waals surface area (Å²) in [7, 11) is 0. The van der Waals surface area contributed by atoms with E-state index < -0.39 is 0 Å². The van der Waals surface area contributed by atoms with Crippen LogP contribution in [0.1, 0.15) is 12.8 Å². The summed E-state index contributed by atoms with van der Waals surface area (Å²) in [5, 5.41) is 0. The van der Waals surface area contributed by atoms with Crippen molar-refractivity contribution in [3.8, 4) is 0 Å². The summed E-state index contributed by atoms with van der Waals surface area (Å²) in [6, 6.07) is 0. The van der Waals surface area contributed by atoms with E-state index >= 15 is 0 Å². The maximum absolute atomic E-state index is 11.4. The van der Waals surface area contributed by atoms with Crippen LogP contribution in [0.3, 0.4) is 0 Å². The molecule has 2 fully saturated rings. The predicted octanol–water partition coefficient (Wildman–Crippen LogP) is 1.11. The van der Waals surface area contributed by atoms with Gasteiger partial charge in [-0.05, 0) is 25.3 Å². The highest BCUT2D eigenvalue weighted by Gasteiger charge is 2.40. The molecule has 3 nitrogen and oxygen atoms in total. The number of halogens is 1. The maximum Gasteiger partial charge on any atom is 0.310 e. The number of alkyl halides is 1. The molecule has 2 saturated heterocycles. The third-order valence-corrected chi connectivity index (χ3v) is 3.43. The molecule has 80 valence electrons. The second-order valence-electron chi connectivity index (χ2n) is 4.12. The van der Waals surface area contributed by atoms with Gasteiger partial charge in [0.2, 0.25) is 0 Å². The normalized spacial score (nSPS) is 32.8. The predicted molar refractivity (Wildman–Crippen MR) is 54.3 cm³/mol. The van der Waals surface area contributed by atoms with E-state index in [1.54, 1.807) is 0 Å². The molecule has 0 unspecified atom stereocenters. The van der Waals surface area contributed by atoms with Gasteiger partial charge in [-0.2, -0.15) is 0 Å². The molecular weight excluding hydrogens is 202 g/mol. The Balaban J connectivity index is 1.87. The summed E-state index contributed by atoms with van der Waals surface area (Å²) in [6.07, 6.45) is 2.05. The first-order valence-corrected chi connectivity index (χ1v) is 5.79. The van der Waals surface area contributed by atoms with Gasteiger partial charge in [0.25, 0.3) is 0 Å². The standard InChI is InChI=1S/C10H16ClNO2/c11-3-1-4-12-6-8-2-5-14-10(13)9(8)7-12/h8-9H,1-7H2/t8-,9+/m1/s1. The van der Waals surface area contributed by atoms with Gasteiger partial charge < -0.3 is 9.64 Å². The minimum absolute atomic E-state index is 0.00891. The van der Waals surface area contributed by atoms with Gasteiger partial charge in [0.1, 0.15) is 0 Å². The maximum atomic E-state index is 11.4. The van der Waals surface area contributed by atoms with E-state index in [1.165, 1.54) is 0 Å². The first-order valence-electron chi connectivity index (χ1n) is 5.26. The van der Waals surface area contributed by atoms with Crippen LogP contribution in [0.2, 0.25) is 0 Å². The number of ether oxygens (including phenoxy) is 1. The molecule has 2 aliphatic rings. The molecule has 2 rings (SSSR count). The second-order valence-corrected chi connectivity index (χ2v) is 4.50. The summed E-state index contributed by atoms with van der Waals surface area (Å²) in [5.74, 6) is 1.39. The Bertz CT molecular complexity index is 222. The molecule has 14 heavy (non-hydrogen) atoms. The molecule has 0 aromatic heterocycles. The zero-order valence-corrected chi connectivity index (χ0v) is 9.00. The molecule has 0 aliphatic carbocycles. The van der Waals surface area contributed by atoms with Crippen LogP contribution < -0.4 is 0 Å². The van der Waals surface area contributed by atoms with Gasteiger partial charge in [0.15, 0.2) is 0 Å². The van der Waals surface area contributed by atoms with Crippen molar-refractivity contribution >= 4 is 17.6 Å². The highest BCUT2D eigenvalue weighted by atomic mass is 35.5. The Kier molecular flexibility index (Phi) is 3.29. The number of likely N-dealkylation sites (tertiary alicyclic amines) is 1. The van der Waals surface area contributed by atoms with Crippen LogP contribution in [0.5, 0.6) is 0 Å². The number of carbonyl (C=O) groups is 1. The lowest BCUT2D eigenvalue weighted by Gasteiger charge is -2.22. The second kappa shape index (κ2) is 4.49. The largest absolute Gasteiger partial charge is 0.465 e. The number of rotatable bonds is 3. The minimum Gasteiger partial charge on any atom is -0.465 e. The molecule has 0 bridgehead atoms.